The zero-order valence-electron chi connectivity index (χ0n) is 25.0. The van der Waals surface area contributed by atoms with Gasteiger partial charge in [0, 0.05) is 28.3 Å². The molecule has 224 valence electrons. The maximum Gasteiger partial charge on any atom is 0.333 e. The van der Waals surface area contributed by atoms with Gasteiger partial charge in [-0.25, -0.2) is 9.18 Å². The van der Waals surface area contributed by atoms with E-state index in [1.165, 1.54) is 24.0 Å². The van der Waals surface area contributed by atoms with Crippen LogP contribution >= 0.6 is 11.6 Å². The number of carbonyl (C=O) groups excluding carboxylic acids is 1. The fraction of sp³-hybridized carbons (Fsp3) is 0.432. The molecule has 1 aliphatic carbocycles. The van der Waals surface area contributed by atoms with Gasteiger partial charge in [-0.15, -0.1) is 0 Å². The van der Waals surface area contributed by atoms with Gasteiger partial charge < -0.3 is 9.84 Å². The molecule has 1 aliphatic rings. The molecule has 3 nitrogen and oxygen atoms in total. The van der Waals surface area contributed by atoms with Crippen LogP contribution in [-0.4, -0.2) is 24.3 Å². The number of aryl methyl sites for hydroxylation is 1. The van der Waals surface area contributed by atoms with Crippen molar-refractivity contribution in [1.29, 1.82) is 0 Å². The number of rotatable bonds is 13. The summed E-state index contributed by atoms with van der Waals surface area (Å²) in [5.41, 5.74) is 5.96. The van der Waals surface area contributed by atoms with Crippen LogP contribution in [0.2, 0.25) is 5.02 Å². The minimum atomic E-state index is -0.364. The van der Waals surface area contributed by atoms with Gasteiger partial charge in [-0.1, -0.05) is 86.5 Å². The lowest BCUT2D eigenvalue weighted by Gasteiger charge is -2.34. The summed E-state index contributed by atoms with van der Waals surface area (Å²) in [6, 6.07) is 19.9. The Kier molecular flexibility index (Phi) is 11.8. The maximum atomic E-state index is 15.3. The Bertz CT molecular complexity index is 1340. The van der Waals surface area contributed by atoms with E-state index in [0.717, 1.165) is 55.2 Å². The van der Waals surface area contributed by atoms with E-state index in [1.807, 2.05) is 24.3 Å². The number of unbranched alkanes of at least 4 members (excludes halogenated alkanes) is 2. The van der Waals surface area contributed by atoms with Crippen molar-refractivity contribution >= 4 is 17.6 Å². The molecule has 0 aliphatic heterocycles. The number of hydrogen-bond acceptors (Lipinski definition) is 3. The van der Waals surface area contributed by atoms with Gasteiger partial charge in [0.15, 0.2) is 0 Å². The fourth-order valence-electron chi connectivity index (χ4n) is 6.22. The van der Waals surface area contributed by atoms with Crippen molar-refractivity contribution in [2.75, 3.05) is 13.2 Å². The van der Waals surface area contributed by atoms with Gasteiger partial charge in [0.25, 0.3) is 0 Å². The van der Waals surface area contributed by atoms with Crippen LogP contribution in [0.25, 0.3) is 22.3 Å². The predicted molar refractivity (Wildman–Crippen MR) is 171 cm³/mol. The number of hydrogen-bond donors (Lipinski definition) is 1. The molecular weight excluding hydrogens is 547 g/mol. The van der Waals surface area contributed by atoms with E-state index in [0.29, 0.717) is 41.0 Å². The third-order valence-corrected chi connectivity index (χ3v) is 9.11. The highest BCUT2D eigenvalue weighted by atomic mass is 35.5. The van der Waals surface area contributed by atoms with Gasteiger partial charge in [-0.3, -0.25) is 0 Å². The van der Waals surface area contributed by atoms with E-state index in [9.17, 15) is 9.90 Å². The van der Waals surface area contributed by atoms with Crippen LogP contribution < -0.4 is 0 Å². The van der Waals surface area contributed by atoms with Gasteiger partial charge in [0.2, 0.25) is 0 Å². The molecule has 1 N–H and O–H groups in total. The number of esters is 1. The fourth-order valence-corrected chi connectivity index (χ4v) is 6.53. The molecule has 0 amide bonds. The smallest absolute Gasteiger partial charge is 0.333 e. The zero-order valence-corrected chi connectivity index (χ0v) is 25.8. The van der Waals surface area contributed by atoms with Crippen molar-refractivity contribution in [2.45, 2.75) is 77.6 Å². The molecule has 0 heterocycles. The van der Waals surface area contributed by atoms with Crippen molar-refractivity contribution in [1.82, 2.24) is 0 Å². The molecule has 3 aromatic carbocycles. The number of carbonyl (C=O) groups is 1. The lowest BCUT2D eigenvalue weighted by atomic mass is 9.73. The molecule has 0 saturated heterocycles. The summed E-state index contributed by atoms with van der Waals surface area (Å²) in [5, 5.41) is 10.1. The maximum absolute atomic E-state index is 15.3. The number of benzene rings is 3. The lowest BCUT2D eigenvalue weighted by Crippen LogP contribution is -2.27. The van der Waals surface area contributed by atoms with Crippen LogP contribution in [0.15, 0.2) is 72.8 Å². The first kappa shape index (κ1) is 32.0. The average Bonchev–Trinajstić information content (AvgIpc) is 3.00. The Morgan fingerprint density at radius 2 is 1.69 bits per heavy atom. The van der Waals surface area contributed by atoms with Crippen LogP contribution in [0.4, 0.5) is 4.39 Å². The van der Waals surface area contributed by atoms with Crippen molar-refractivity contribution in [3.8, 4) is 22.3 Å². The van der Waals surface area contributed by atoms with E-state index in [2.05, 4.69) is 43.8 Å². The van der Waals surface area contributed by atoms with E-state index < -0.39 is 0 Å². The first-order valence-electron chi connectivity index (χ1n) is 15.4. The molecule has 0 spiro atoms. The number of halogens is 2. The van der Waals surface area contributed by atoms with E-state index in [4.69, 9.17) is 16.3 Å². The molecular formula is C37H44ClFO3. The van der Waals surface area contributed by atoms with Gasteiger partial charge in [-0.2, -0.15) is 0 Å². The number of aliphatic hydroxyl groups excluding tert-OH is 1. The Balaban J connectivity index is 1.37. The highest BCUT2D eigenvalue weighted by Crippen LogP contribution is 2.40. The minimum absolute atomic E-state index is 0.0939. The van der Waals surface area contributed by atoms with Crippen molar-refractivity contribution in [3.05, 3.63) is 94.8 Å². The molecule has 3 aromatic rings. The summed E-state index contributed by atoms with van der Waals surface area (Å²) >= 11 is 6.58. The molecule has 0 bridgehead atoms. The molecule has 1 unspecified atom stereocenters. The highest BCUT2D eigenvalue weighted by Gasteiger charge is 2.29. The lowest BCUT2D eigenvalue weighted by molar-refractivity contribution is -0.141. The highest BCUT2D eigenvalue weighted by molar-refractivity contribution is 6.33. The van der Waals surface area contributed by atoms with Crippen LogP contribution in [0.5, 0.6) is 0 Å². The van der Waals surface area contributed by atoms with Crippen molar-refractivity contribution in [3.63, 3.8) is 0 Å². The molecule has 0 aromatic heterocycles. The van der Waals surface area contributed by atoms with Gasteiger partial charge >= 0.3 is 5.97 Å². The topological polar surface area (TPSA) is 46.5 Å². The Hall–Kier alpha value is -2.95. The second-order valence-electron chi connectivity index (χ2n) is 11.9. The molecule has 4 rings (SSSR count). The predicted octanol–water partition coefficient (Wildman–Crippen LogP) is 9.94. The van der Waals surface area contributed by atoms with Gasteiger partial charge in [0.1, 0.15) is 5.82 Å². The van der Waals surface area contributed by atoms with E-state index in [-0.39, 0.29) is 24.3 Å². The molecule has 1 atom stereocenters. The Morgan fingerprint density at radius 3 is 2.31 bits per heavy atom. The summed E-state index contributed by atoms with van der Waals surface area (Å²) in [4.78, 5) is 11.9. The molecule has 1 fully saturated rings. The first-order valence-corrected chi connectivity index (χ1v) is 15.8. The van der Waals surface area contributed by atoms with Crippen LogP contribution in [0, 0.1) is 17.7 Å². The number of ether oxygens (including phenoxy) is 1. The van der Waals surface area contributed by atoms with Crippen molar-refractivity contribution in [2.24, 2.45) is 11.8 Å². The summed E-state index contributed by atoms with van der Waals surface area (Å²) < 4.78 is 20.7. The minimum Gasteiger partial charge on any atom is -0.462 e. The molecule has 1 saturated carbocycles. The summed E-state index contributed by atoms with van der Waals surface area (Å²) in [7, 11) is 0. The zero-order chi connectivity index (χ0) is 30.1. The van der Waals surface area contributed by atoms with E-state index >= 15 is 4.39 Å². The number of aliphatic hydroxyl groups is 1. The quantitative estimate of drug-likeness (QED) is 0.122. The van der Waals surface area contributed by atoms with Crippen LogP contribution in [-0.2, 0) is 16.0 Å². The summed E-state index contributed by atoms with van der Waals surface area (Å²) in [5.74, 6) is 0.420. The normalized spacial score (nSPS) is 17.5. The van der Waals surface area contributed by atoms with Gasteiger partial charge in [-0.05, 0) is 104 Å². The standard InChI is InChI=1S/C37H44ClFO3/c1-4-5-6-7-26-8-18-33(35(38)22-26)34-19-17-31(23-36(34)39)29-13-9-27(10-14-29)28-11-15-30(16-12-28)32(20-21-40)24-42-37(41)25(2)3/h8-10,13-14,17-19,22-23,28,30,32,40H,2,4-7,11-12,15-16,20-21,24H2,1,3H3. The largest absolute Gasteiger partial charge is 0.462 e. The molecule has 42 heavy (non-hydrogen) atoms. The SMILES string of the molecule is C=C(C)C(=O)OCC(CCO)C1CCC(c2ccc(-c3ccc(-c4ccc(CCCCC)cc4Cl)c(F)c3)cc2)CC1. The summed E-state index contributed by atoms with van der Waals surface area (Å²) in [6.45, 7) is 7.92. The molecule has 0 radical (unpaired) electrons. The van der Waals surface area contributed by atoms with E-state index in [1.54, 1.807) is 13.0 Å². The van der Waals surface area contributed by atoms with Crippen molar-refractivity contribution < 1.29 is 19.0 Å². The first-order chi connectivity index (χ1) is 20.3. The van der Waals surface area contributed by atoms with Crippen LogP contribution in [0.1, 0.15) is 82.3 Å². The summed E-state index contributed by atoms with van der Waals surface area (Å²) in [6.07, 6.45) is 9.33. The average molecular weight is 591 g/mol. The van der Waals surface area contributed by atoms with Crippen LogP contribution in [0.3, 0.4) is 0 Å². The second-order valence-corrected chi connectivity index (χ2v) is 12.3. The second kappa shape index (κ2) is 15.5. The molecule has 5 heteroatoms. The monoisotopic (exact) mass is 590 g/mol. The Morgan fingerprint density at radius 1 is 1.00 bits per heavy atom. The Labute approximate surface area is 255 Å². The third-order valence-electron chi connectivity index (χ3n) is 8.79. The van der Waals surface area contributed by atoms with Gasteiger partial charge in [0.05, 0.1) is 6.61 Å². The third kappa shape index (κ3) is 8.33.